The first-order valence-corrected chi connectivity index (χ1v) is 6.57. The molecule has 1 aromatic carbocycles. The summed E-state index contributed by atoms with van der Waals surface area (Å²) in [5.41, 5.74) is 3.53. The van der Waals surface area contributed by atoms with Gasteiger partial charge < -0.3 is 10.2 Å². The standard InChI is InChI=1S/C16H21N3/c1-13(15-9-6-7-11-17-15)18-16-10-5-4-8-14(16)12-19(2)3/h4-11,13,18H,12H2,1-3H3. The summed E-state index contributed by atoms with van der Waals surface area (Å²) in [6.45, 7) is 3.06. The van der Waals surface area contributed by atoms with Crippen LogP contribution in [0, 0.1) is 0 Å². The fourth-order valence-corrected chi connectivity index (χ4v) is 2.08. The number of anilines is 1. The van der Waals surface area contributed by atoms with Gasteiger partial charge in [0.15, 0.2) is 0 Å². The highest BCUT2D eigenvalue weighted by Crippen LogP contribution is 2.22. The number of pyridine rings is 1. The second-order valence-corrected chi connectivity index (χ2v) is 5.02. The van der Waals surface area contributed by atoms with E-state index in [-0.39, 0.29) is 6.04 Å². The molecule has 0 radical (unpaired) electrons. The Bertz CT molecular complexity index is 508. The smallest absolute Gasteiger partial charge is 0.0657 e. The lowest BCUT2D eigenvalue weighted by Crippen LogP contribution is -2.14. The summed E-state index contributed by atoms with van der Waals surface area (Å²) in [5, 5.41) is 3.54. The molecule has 1 N–H and O–H groups in total. The maximum atomic E-state index is 4.39. The van der Waals surface area contributed by atoms with Crippen LogP contribution in [0.5, 0.6) is 0 Å². The van der Waals surface area contributed by atoms with Crippen molar-refractivity contribution in [3.05, 3.63) is 59.9 Å². The maximum absolute atomic E-state index is 4.39. The molecule has 0 saturated carbocycles. The quantitative estimate of drug-likeness (QED) is 0.888. The number of nitrogens with one attached hydrogen (secondary N) is 1. The summed E-state index contributed by atoms with van der Waals surface area (Å²) in [4.78, 5) is 6.57. The largest absolute Gasteiger partial charge is 0.377 e. The van der Waals surface area contributed by atoms with E-state index in [1.54, 1.807) is 0 Å². The molecule has 0 fully saturated rings. The summed E-state index contributed by atoms with van der Waals surface area (Å²) in [6.07, 6.45) is 1.83. The number of nitrogens with zero attached hydrogens (tertiary/aromatic N) is 2. The van der Waals surface area contributed by atoms with Gasteiger partial charge in [-0.25, -0.2) is 0 Å². The number of rotatable bonds is 5. The van der Waals surface area contributed by atoms with Gasteiger partial charge in [-0.15, -0.1) is 0 Å². The van der Waals surface area contributed by atoms with Crippen LogP contribution in [0.2, 0.25) is 0 Å². The van der Waals surface area contributed by atoms with E-state index in [4.69, 9.17) is 0 Å². The minimum atomic E-state index is 0.199. The number of hydrogen-bond donors (Lipinski definition) is 1. The van der Waals surface area contributed by atoms with Crippen LogP contribution >= 0.6 is 0 Å². The second kappa shape index (κ2) is 6.34. The van der Waals surface area contributed by atoms with Crippen LogP contribution in [0.3, 0.4) is 0 Å². The predicted octanol–water partition coefficient (Wildman–Crippen LogP) is 3.32. The van der Waals surface area contributed by atoms with Gasteiger partial charge in [-0.05, 0) is 44.8 Å². The fourth-order valence-electron chi connectivity index (χ4n) is 2.08. The average Bonchev–Trinajstić information content (AvgIpc) is 2.41. The first-order valence-electron chi connectivity index (χ1n) is 6.57. The maximum Gasteiger partial charge on any atom is 0.0657 e. The molecule has 0 bridgehead atoms. The third-order valence-electron chi connectivity index (χ3n) is 3.01. The van der Waals surface area contributed by atoms with Crippen molar-refractivity contribution in [3.63, 3.8) is 0 Å². The fraction of sp³-hybridized carbons (Fsp3) is 0.312. The van der Waals surface area contributed by atoms with Gasteiger partial charge in [-0.1, -0.05) is 24.3 Å². The number of hydrogen-bond acceptors (Lipinski definition) is 3. The van der Waals surface area contributed by atoms with Gasteiger partial charge in [0, 0.05) is 18.4 Å². The molecule has 2 aromatic rings. The molecule has 1 atom stereocenters. The van der Waals surface area contributed by atoms with Crippen molar-refractivity contribution in [2.75, 3.05) is 19.4 Å². The topological polar surface area (TPSA) is 28.2 Å². The summed E-state index contributed by atoms with van der Waals surface area (Å²) in [6, 6.07) is 14.6. The molecular formula is C16H21N3. The number of benzene rings is 1. The summed E-state index contributed by atoms with van der Waals surface area (Å²) < 4.78 is 0. The Hall–Kier alpha value is -1.87. The highest BCUT2D eigenvalue weighted by atomic mass is 15.1. The highest BCUT2D eigenvalue weighted by molar-refractivity contribution is 5.52. The van der Waals surface area contributed by atoms with E-state index in [9.17, 15) is 0 Å². The number of aromatic nitrogens is 1. The van der Waals surface area contributed by atoms with Crippen LogP contribution in [0.15, 0.2) is 48.7 Å². The van der Waals surface area contributed by atoms with Crippen molar-refractivity contribution in [1.29, 1.82) is 0 Å². The zero-order valence-corrected chi connectivity index (χ0v) is 11.8. The molecule has 1 unspecified atom stereocenters. The Morgan fingerprint density at radius 1 is 1.11 bits per heavy atom. The van der Waals surface area contributed by atoms with Crippen molar-refractivity contribution < 1.29 is 0 Å². The van der Waals surface area contributed by atoms with E-state index in [1.807, 2.05) is 24.4 Å². The molecular weight excluding hydrogens is 234 g/mol. The average molecular weight is 255 g/mol. The van der Waals surface area contributed by atoms with Gasteiger partial charge in [0.05, 0.1) is 11.7 Å². The number of para-hydroxylation sites is 1. The summed E-state index contributed by atoms with van der Waals surface area (Å²) in [7, 11) is 4.16. The van der Waals surface area contributed by atoms with Crippen LogP contribution < -0.4 is 5.32 Å². The normalized spacial score (nSPS) is 12.4. The molecule has 0 amide bonds. The Morgan fingerprint density at radius 3 is 2.53 bits per heavy atom. The lowest BCUT2D eigenvalue weighted by atomic mass is 10.1. The minimum absolute atomic E-state index is 0.199. The monoisotopic (exact) mass is 255 g/mol. The molecule has 19 heavy (non-hydrogen) atoms. The SMILES string of the molecule is CC(Nc1ccccc1CN(C)C)c1ccccn1. The predicted molar refractivity (Wildman–Crippen MR) is 80.1 cm³/mol. The molecule has 0 saturated heterocycles. The molecule has 1 aromatic heterocycles. The van der Waals surface area contributed by atoms with E-state index >= 15 is 0 Å². The van der Waals surface area contributed by atoms with Crippen molar-refractivity contribution >= 4 is 5.69 Å². The van der Waals surface area contributed by atoms with Crippen LogP contribution in [0.25, 0.3) is 0 Å². The van der Waals surface area contributed by atoms with Gasteiger partial charge in [-0.3, -0.25) is 4.98 Å². The molecule has 0 aliphatic heterocycles. The molecule has 0 spiro atoms. The summed E-state index contributed by atoms with van der Waals surface area (Å²) in [5.74, 6) is 0. The van der Waals surface area contributed by atoms with Crippen LogP contribution in [0.4, 0.5) is 5.69 Å². The molecule has 3 nitrogen and oxygen atoms in total. The van der Waals surface area contributed by atoms with Gasteiger partial charge in [-0.2, -0.15) is 0 Å². The molecule has 0 aliphatic rings. The molecule has 0 aliphatic carbocycles. The Morgan fingerprint density at radius 2 is 1.84 bits per heavy atom. The molecule has 100 valence electrons. The van der Waals surface area contributed by atoms with E-state index in [0.717, 1.165) is 12.2 Å². The zero-order valence-electron chi connectivity index (χ0n) is 11.8. The van der Waals surface area contributed by atoms with Crippen molar-refractivity contribution in [1.82, 2.24) is 9.88 Å². The van der Waals surface area contributed by atoms with Crippen molar-refractivity contribution in [2.45, 2.75) is 19.5 Å². The Balaban J connectivity index is 2.15. The second-order valence-electron chi connectivity index (χ2n) is 5.02. The first-order chi connectivity index (χ1) is 9.16. The van der Waals surface area contributed by atoms with Crippen molar-refractivity contribution in [2.24, 2.45) is 0 Å². The third kappa shape index (κ3) is 3.80. The van der Waals surface area contributed by atoms with Crippen LogP contribution in [-0.2, 0) is 6.54 Å². The third-order valence-corrected chi connectivity index (χ3v) is 3.01. The Labute approximate surface area is 115 Å². The lowest BCUT2D eigenvalue weighted by molar-refractivity contribution is 0.403. The van der Waals surface area contributed by atoms with Gasteiger partial charge in [0.2, 0.25) is 0 Å². The molecule has 3 heteroatoms. The van der Waals surface area contributed by atoms with Gasteiger partial charge in [0.25, 0.3) is 0 Å². The van der Waals surface area contributed by atoms with Gasteiger partial charge in [0.1, 0.15) is 0 Å². The first kappa shape index (κ1) is 13.6. The molecule has 1 heterocycles. The van der Waals surface area contributed by atoms with Gasteiger partial charge >= 0.3 is 0 Å². The van der Waals surface area contributed by atoms with Crippen LogP contribution in [0.1, 0.15) is 24.2 Å². The van der Waals surface area contributed by atoms with E-state index < -0.39 is 0 Å². The van der Waals surface area contributed by atoms with E-state index in [2.05, 4.69) is 60.5 Å². The van der Waals surface area contributed by atoms with Crippen molar-refractivity contribution in [3.8, 4) is 0 Å². The lowest BCUT2D eigenvalue weighted by Gasteiger charge is -2.19. The van der Waals surface area contributed by atoms with E-state index in [1.165, 1.54) is 11.3 Å². The minimum Gasteiger partial charge on any atom is -0.377 e. The summed E-state index contributed by atoms with van der Waals surface area (Å²) >= 11 is 0. The van der Waals surface area contributed by atoms with Crippen LogP contribution in [-0.4, -0.2) is 24.0 Å². The van der Waals surface area contributed by atoms with E-state index in [0.29, 0.717) is 0 Å². The Kier molecular flexibility index (Phi) is 4.53. The highest BCUT2D eigenvalue weighted by Gasteiger charge is 2.09. The zero-order chi connectivity index (χ0) is 13.7. The molecule has 2 rings (SSSR count).